The lowest BCUT2D eigenvalue weighted by Crippen LogP contribution is -2.40. The Hall–Kier alpha value is -3.32. The molecule has 0 saturated carbocycles. The number of methoxy groups -OCH3 is 1. The minimum atomic E-state index is -3.97. The van der Waals surface area contributed by atoms with Gasteiger partial charge in [-0.25, -0.2) is 8.42 Å². The van der Waals surface area contributed by atoms with Crippen LogP contribution in [0.3, 0.4) is 0 Å². The fourth-order valence-electron chi connectivity index (χ4n) is 4.34. The van der Waals surface area contributed by atoms with Crippen molar-refractivity contribution >= 4 is 21.6 Å². The molecule has 1 fully saturated rings. The molecule has 0 N–H and O–H groups in total. The minimum Gasteiger partial charge on any atom is -0.497 e. The van der Waals surface area contributed by atoms with Crippen LogP contribution < -0.4 is 9.04 Å². The van der Waals surface area contributed by atoms with Crippen molar-refractivity contribution in [2.75, 3.05) is 24.5 Å². The summed E-state index contributed by atoms with van der Waals surface area (Å²) in [6.07, 6.45) is 2.05. The van der Waals surface area contributed by atoms with Crippen molar-refractivity contribution in [3.8, 4) is 5.75 Å². The largest absolute Gasteiger partial charge is 0.497 e. The highest BCUT2D eigenvalue weighted by molar-refractivity contribution is 7.92. The predicted molar refractivity (Wildman–Crippen MR) is 134 cm³/mol. The molecule has 0 spiro atoms. The Bertz CT molecular complexity index is 1230. The summed E-state index contributed by atoms with van der Waals surface area (Å²) in [5.41, 5.74) is 1.60. The lowest BCUT2D eigenvalue weighted by atomic mass is 9.99. The zero-order valence-electron chi connectivity index (χ0n) is 19.6. The highest BCUT2D eigenvalue weighted by Crippen LogP contribution is 2.31. The second-order valence-electron chi connectivity index (χ2n) is 8.69. The van der Waals surface area contributed by atoms with E-state index < -0.39 is 10.0 Å². The molecule has 3 aromatic carbocycles. The Kier molecular flexibility index (Phi) is 7.22. The smallest absolute Gasteiger partial charge is 0.264 e. The Morgan fingerprint density at radius 1 is 1.00 bits per heavy atom. The van der Waals surface area contributed by atoms with Crippen LogP contribution in [0.4, 0.5) is 5.69 Å². The van der Waals surface area contributed by atoms with Crippen molar-refractivity contribution < 1.29 is 17.9 Å². The third kappa shape index (κ3) is 5.09. The predicted octanol–water partition coefficient (Wildman–Crippen LogP) is 4.96. The van der Waals surface area contributed by atoms with Crippen LogP contribution in [-0.2, 0) is 16.6 Å². The third-order valence-corrected chi connectivity index (χ3v) is 7.94. The van der Waals surface area contributed by atoms with E-state index in [1.807, 2.05) is 35.2 Å². The maximum atomic E-state index is 13.9. The summed E-state index contributed by atoms with van der Waals surface area (Å²) < 4.78 is 34.3. The summed E-state index contributed by atoms with van der Waals surface area (Å²) in [4.78, 5) is 15.5. The van der Waals surface area contributed by atoms with Crippen molar-refractivity contribution in [2.24, 2.45) is 5.92 Å². The van der Waals surface area contributed by atoms with E-state index in [9.17, 15) is 13.2 Å². The minimum absolute atomic E-state index is 0.107. The Balaban J connectivity index is 1.79. The Labute approximate surface area is 201 Å². The molecule has 1 amide bonds. The summed E-state index contributed by atoms with van der Waals surface area (Å²) in [7, 11) is -2.43. The molecule has 34 heavy (non-hydrogen) atoms. The van der Waals surface area contributed by atoms with E-state index in [1.165, 1.54) is 23.5 Å². The van der Waals surface area contributed by atoms with Gasteiger partial charge < -0.3 is 9.64 Å². The summed E-state index contributed by atoms with van der Waals surface area (Å²) >= 11 is 0. The zero-order valence-corrected chi connectivity index (χ0v) is 20.4. The molecule has 7 heteroatoms. The highest BCUT2D eigenvalue weighted by Gasteiger charge is 2.31. The zero-order chi connectivity index (χ0) is 24.1. The molecule has 1 heterocycles. The third-order valence-electron chi connectivity index (χ3n) is 6.16. The van der Waals surface area contributed by atoms with Crippen molar-refractivity contribution in [2.45, 2.75) is 31.2 Å². The van der Waals surface area contributed by atoms with Crippen LogP contribution in [0.1, 0.15) is 35.7 Å². The second-order valence-corrected chi connectivity index (χ2v) is 10.6. The fraction of sp³-hybridized carbons (Fsp3) is 0.296. The van der Waals surface area contributed by atoms with Gasteiger partial charge in [-0.15, -0.1) is 0 Å². The number of carbonyl (C=O) groups excluding carboxylic acids is 1. The maximum absolute atomic E-state index is 13.9. The molecular formula is C27H30N2O4S. The van der Waals surface area contributed by atoms with Gasteiger partial charge in [0.25, 0.3) is 15.9 Å². The van der Waals surface area contributed by atoms with Gasteiger partial charge in [-0.05, 0) is 60.7 Å². The highest BCUT2D eigenvalue weighted by atomic mass is 32.2. The van der Waals surface area contributed by atoms with E-state index >= 15 is 0 Å². The van der Waals surface area contributed by atoms with Crippen LogP contribution in [0.15, 0.2) is 83.8 Å². The van der Waals surface area contributed by atoms with Crippen LogP contribution in [0.5, 0.6) is 5.75 Å². The average molecular weight is 479 g/mol. The molecule has 0 radical (unpaired) electrons. The molecule has 1 saturated heterocycles. The van der Waals surface area contributed by atoms with E-state index in [1.54, 1.807) is 36.4 Å². The first-order valence-corrected chi connectivity index (χ1v) is 12.9. The van der Waals surface area contributed by atoms with Gasteiger partial charge in [-0.3, -0.25) is 9.10 Å². The number of carbonyl (C=O) groups is 1. The Morgan fingerprint density at radius 3 is 2.35 bits per heavy atom. The number of sulfonamides is 1. The first-order chi connectivity index (χ1) is 16.4. The van der Waals surface area contributed by atoms with E-state index in [0.717, 1.165) is 18.4 Å². The van der Waals surface area contributed by atoms with Gasteiger partial charge in [-0.1, -0.05) is 49.4 Å². The summed E-state index contributed by atoms with van der Waals surface area (Å²) in [6.45, 7) is 3.61. The quantitative estimate of drug-likeness (QED) is 0.481. The van der Waals surface area contributed by atoms with E-state index in [0.29, 0.717) is 36.0 Å². The number of amides is 1. The molecule has 4 rings (SSSR count). The lowest BCUT2D eigenvalue weighted by Gasteiger charge is -2.33. The van der Waals surface area contributed by atoms with Crippen LogP contribution in [0.2, 0.25) is 0 Å². The van der Waals surface area contributed by atoms with E-state index in [2.05, 4.69) is 6.92 Å². The topological polar surface area (TPSA) is 66.9 Å². The van der Waals surface area contributed by atoms with Gasteiger partial charge in [0.15, 0.2) is 0 Å². The molecule has 0 aliphatic carbocycles. The van der Waals surface area contributed by atoms with Gasteiger partial charge in [0, 0.05) is 13.1 Å². The standard InChI is InChI=1S/C27H30N2O4S/c1-21-9-8-18-28(19-21)27(30)25-12-6-7-13-26(25)29(20-22-10-4-3-5-11-22)34(31,32)24-16-14-23(33-2)15-17-24/h3-7,10-17,21H,8-9,18-20H2,1-2H3/t21-/m1/s1. The summed E-state index contributed by atoms with van der Waals surface area (Å²) in [6, 6.07) is 22.7. The van der Waals surface area contributed by atoms with Gasteiger partial charge >= 0.3 is 0 Å². The number of hydrogen-bond donors (Lipinski definition) is 0. The van der Waals surface area contributed by atoms with Crippen LogP contribution >= 0.6 is 0 Å². The molecule has 0 unspecified atom stereocenters. The van der Waals surface area contributed by atoms with Crippen molar-refractivity contribution in [1.82, 2.24) is 4.90 Å². The maximum Gasteiger partial charge on any atom is 0.264 e. The van der Waals surface area contributed by atoms with Gasteiger partial charge in [0.1, 0.15) is 5.75 Å². The summed E-state index contributed by atoms with van der Waals surface area (Å²) in [5.74, 6) is 0.863. The molecule has 1 aliphatic rings. The first kappa shape index (κ1) is 23.8. The van der Waals surface area contributed by atoms with Crippen molar-refractivity contribution in [3.05, 3.63) is 90.0 Å². The molecule has 0 bridgehead atoms. The fourth-order valence-corrected chi connectivity index (χ4v) is 5.81. The van der Waals surface area contributed by atoms with Crippen molar-refractivity contribution in [3.63, 3.8) is 0 Å². The first-order valence-electron chi connectivity index (χ1n) is 11.5. The number of nitrogens with zero attached hydrogens (tertiary/aromatic N) is 2. The van der Waals surface area contributed by atoms with Gasteiger partial charge in [0.2, 0.25) is 0 Å². The number of para-hydroxylation sites is 1. The van der Waals surface area contributed by atoms with Crippen LogP contribution in [-0.4, -0.2) is 39.4 Å². The van der Waals surface area contributed by atoms with E-state index in [4.69, 9.17) is 4.74 Å². The Morgan fingerprint density at radius 2 is 1.68 bits per heavy atom. The molecule has 178 valence electrons. The molecule has 1 atom stereocenters. The number of anilines is 1. The number of piperidine rings is 1. The number of hydrogen-bond acceptors (Lipinski definition) is 4. The number of ether oxygens (including phenoxy) is 1. The second kappa shape index (κ2) is 10.3. The molecule has 6 nitrogen and oxygen atoms in total. The normalized spacial score (nSPS) is 16.2. The van der Waals surface area contributed by atoms with Gasteiger partial charge in [-0.2, -0.15) is 0 Å². The molecule has 3 aromatic rings. The molecule has 0 aromatic heterocycles. The van der Waals surface area contributed by atoms with Crippen LogP contribution in [0.25, 0.3) is 0 Å². The molecular weight excluding hydrogens is 448 g/mol. The SMILES string of the molecule is COc1ccc(S(=O)(=O)N(Cc2ccccc2)c2ccccc2C(=O)N2CCC[C@@H](C)C2)cc1. The lowest BCUT2D eigenvalue weighted by molar-refractivity contribution is 0.0684. The average Bonchev–Trinajstić information content (AvgIpc) is 2.87. The number of likely N-dealkylation sites (tertiary alicyclic amines) is 1. The number of rotatable bonds is 7. The number of benzene rings is 3. The van der Waals surface area contributed by atoms with Crippen molar-refractivity contribution in [1.29, 1.82) is 0 Å². The molecule has 1 aliphatic heterocycles. The monoisotopic (exact) mass is 478 g/mol. The van der Waals surface area contributed by atoms with E-state index in [-0.39, 0.29) is 17.3 Å². The van der Waals surface area contributed by atoms with Crippen LogP contribution in [0, 0.1) is 5.92 Å². The van der Waals surface area contributed by atoms with Gasteiger partial charge in [0.05, 0.1) is 29.8 Å². The summed E-state index contributed by atoms with van der Waals surface area (Å²) in [5, 5.41) is 0.